The van der Waals surface area contributed by atoms with Crippen molar-refractivity contribution in [3.05, 3.63) is 66.0 Å². The van der Waals surface area contributed by atoms with Gasteiger partial charge in [0.1, 0.15) is 12.4 Å². The Morgan fingerprint density at radius 1 is 1.07 bits per heavy atom. The topological polar surface area (TPSA) is 64.2 Å². The first-order valence-electron chi connectivity index (χ1n) is 9.12. The predicted molar refractivity (Wildman–Crippen MR) is 117 cm³/mol. The van der Waals surface area contributed by atoms with Crippen molar-refractivity contribution in [3.8, 4) is 0 Å². The number of aryl methyl sites for hydroxylation is 1. The maximum atomic E-state index is 13.0. The van der Waals surface area contributed by atoms with E-state index in [2.05, 4.69) is 17.1 Å². The maximum Gasteiger partial charge on any atom is 0.242 e. The van der Waals surface area contributed by atoms with E-state index in [9.17, 15) is 4.79 Å². The van der Waals surface area contributed by atoms with Crippen LogP contribution >= 0.6 is 24.8 Å². The second-order valence-electron chi connectivity index (χ2n) is 7.05. The molecule has 4 rings (SSSR count). The Morgan fingerprint density at radius 2 is 1.75 bits per heavy atom. The molecule has 2 heterocycles. The largest absolute Gasteiger partial charge is 0.340 e. The molecule has 0 radical (unpaired) electrons. The molecule has 0 aliphatic carbocycles. The molecule has 0 bridgehead atoms. The van der Waals surface area contributed by atoms with E-state index >= 15 is 0 Å². The molecule has 1 aliphatic rings. The number of nitrogens with zero attached hydrogens (tertiary/aromatic N) is 3. The Morgan fingerprint density at radius 3 is 2.46 bits per heavy atom. The van der Waals surface area contributed by atoms with E-state index < -0.39 is 0 Å². The molecule has 1 fully saturated rings. The van der Waals surface area contributed by atoms with Crippen molar-refractivity contribution in [2.75, 3.05) is 19.6 Å². The van der Waals surface area contributed by atoms with Crippen LogP contribution in [0.3, 0.4) is 0 Å². The number of para-hydroxylation sites is 2. The average Bonchev–Trinajstić information content (AvgIpc) is 3.24. The Bertz CT molecular complexity index is 929. The molecule has 1 saturated heterocycles. The minimum Gasteiger partial charge on any atom is -0.340 e. The van der Waals surface area contributed by atoms with Gasteiger partial charge < -0.3 is 15.2 Å². The molecule has 1 amide bonds. The van der Waals surface area contributed by atoms with E-state index in [-0.39, 0.29) is 30.7 Å². The molecular formula is C21H26Cl2N4O. The van der Waals surface area contributed by atoms with Crippen LogP contribution in [0, 0.1) is 12.8 Å². The second-order valence-corrected chi connectivity index (χ2v) is 7.05. The number of fused-ring (bicyclic) bond motifs is 1. The van der Waals surface area contributed by atoms with Crippen LogP contribution in [-0.2, 0) is 11.3 Å². The average molecular weight is 421 g/mol. The molecule has 2 aromatic carbocycles. The summed E-state index contributed by atoms with van der Waals surface area (Å²) in [6, 6.07) is 18.3. The van der Waals surface area contributed by atoms with Gasteiger partial charge in [-0.25, -0.2) is 4.98 Å². The number of halogens is 2. The summed E-state index contributed by atoms with van der Waals surface area (Å²) in [5.74, 6) is 1.62. The van der Waals surface area contributed by atoms with Crippen LogP contribution in [0.25, 0.3) is 11.0 Å². The van der Waals surface area contributed by atoms with Gasteiger partial charge in [0, 0.05) is 19.0 Å². The number of likely N-dealkylation sites (tertiary alicyclic amines) is 1. The molecule has 2 N–H and O–H groups in total. The lowest BCUT2D eigenvalue weighted by atomic mass is 9.89. The number of hydrogen-bond donors (Lipinski definition) is 1. The van der Waals surface area contributed by atoms with Gasteiger partial charge in [0.25, 0.3) is 0 Å². The van der Waals surface area contributed by atoms with Gasteiger partial charge in [-0.05, 0) is 37.1 Å². The van der Waals surface area contributed by atoms with Crippen LogP contribution < -0.4 is 5.73 Å². The number of aromatic nitrogens is 2. The van der Waals surface area contributed by atoms with Crippen LogP contribution in [0.1, 0.15) is 17.3 Å². The first-order chi connectivity index (χ1) is 12.7. The van der Waals surface area contributed by atoms with Crippen molar-refractivity contribution in [2.45, 2.75) is 19.4 Å². The van der Waals surface area contributed by atoms with Crippen molar-refractivity contribution in [3.63, 3.8) is 0 Å². The monoisotopic (exact) mass is 420 g/mol. The molecule has 2 atom stereocenters. The standard InChI is InChI=1S/C21H24N4O.2ClH/c1-15-23-19-9-5-6-10-20(19)25(15)14-21(26)24-12-17(11-22)18(13-24)16-7-3-2-4-8-16;;/h2-10,17-18H,11-14,22H2,1H3;2*1H/t17-,18+;;/m1../s1. The van der Waals surface area contributed by atoms with Crippen LogP contribution in [-0.4, -0.2) is 40.0 Å². The minimum absolute atomic E-state index is 0. The van der Waals surface area contributed by atoms with Gasteiger partial charge >= 0.3 is 0 Å². The van der Waals surface area contributed by atoms with Crippen LogP contribution in [0.5, 0.6) is 0 Å². The molecule has 5 nitrogen and oxygen atoms in total. The molecule has 0 saturated carbocycles. The lowest BCUT2D eigenvalue weighted by Gasteiger charge is -2.18. The first kappa shape index (κ1) is 22.2. The van der Waals surface area contributed by atoms with Gasteiger partial charge in [0.15, 0.2) is 0 Å². The molecular weight excluding hydrogens is 395 g/mol. The molecule has 1 aromatic heterocycles. The fourth-order valence-corrected chi connectivity index (χ4v) is 4.02. The molecule has 1 aliphatic heterocycles. The summed E-state index contributed by atoms with van der Waals surface area (Å²) in [7, 11) is 0. The lowest BCUT2D eigenvalue weighted by molar-refractivity contribution is -0.130. The zero-order valence-electron chi connectivity index (χ0n) is 15.8. The van der Waals surface area contributed by atoms with Gasteiger partial charge in [-0.3, -0.25) is 4.79 Å². The minimum atomic E-state index is 0. The molecule has 3 aromatic rings. The summed E-state index contributed by atoms with van der Waals surface area (Å²) in [6.07, 6.45) is 0. The Kier molecular flexibility index (Phi) is 7.47. The van der Waals surface area contributed by atoms with E-state index in [1.165, 1.54) is 5.56 Å². The molecule has 150 valence electrons. The van der Waals surface area contributed by atoms with Gasteiger partial charge in [0.2, 0.25) is 5.91 Å². The molecule has 0 unspecified atom stereocenters. The van der Waals surface area contributed by atoms with E-state index in [1.807, 2.05) is 58.9 Å². The molecule has 28 heavy (non-hydrogen) atoms. The fraction of sp³-hybridized carbons (Fsp3) is 0.333. The zero-order valence-corrected chi connectivity index (χ0v) is 17.5. The number of rotatable bonds is 4. The summed E-state index contributed by atoms with van der Waals surface area (Å²) in [5.41, 5.74) is 9.21. The van der Waals surface area contributed by atoms with Crippen molar-refractivity contribution in [1.29, 1.82) is 0 Å². The van der Waals surface area contributed by atoms with E-state index in [0.717, 1.165) is 29.9 Å². The number of nitrogens with two attached hydrogens (primary N) is 1. The first-order valence-corrected chi connectivity index (χ1v) is 9.12. The number of amides is 1. The zero-order chi connectivity index (χ0) is 18.1. The highest BCUT2D eigenvalue weighted by Crippen LogP contribution is 2.32. The Balaban J connectivity index is 0.00000140. The number of carbonyl (C=O) groups is 1. The number of imidazole rings is 1. The van der Waals surface area contributed by atoms with Crippen molar-refractivity contribution in [1.82, 2.24) is 14.5 Å². The smallest absolute Gasteiger partial charge is 0.242 e. The summed E-state index contributed by atoms with van der Waals surface area (Å²) in [5, 5.41) is 0. The molecule has 0 spiro atoms. The second kappa shape index (κ2) is 9.41. The number of hydrogen-bond acceptors (Lipinski definition) is 3. The van der Waals surface area contributed by atoms with E-state index in [4.69, 9.17) is 5.73 Å². The SMILES string of the molecule is Cc1nc2ccccc2n1CC(=O)N1C[C@@H](CN)[C@H](c2ccccc2)C1.Cl.Cl. The fourth-order valence-electron chi connectivity index (χ4n) is 4.02. The summed E-state index contributed by atoms with van der Waals surface area (Å²) in [6.45, 7) is 4.32. The van der Waals surface area contributed by atoms with Crippen molar-refractivity contribution in [2.24, 2.45) is 11.7 Å². The van der Waals surface area contributed by atoms with Gasteiger partial charge in [0.05, 0.1) is 11.0 Å². The number of benzene rings is 2. The van der Waals surface area contributed by atoms with Gasteiger partial charge in [-0.1, -0.05) is 42.5 Å². The van der Waals surface area contributed by atoms with E-state index in [1.54, 1.807) is 0 Å². The lowest BCUT2D eigenvalue weighted by Crippen LogP contribution is -2.33. The third-order valence-corrected chi connectivity index (χ3v) is 5.46. The van der Waals surface area contributed by atoms with E-state index in [0.29, 0.717) is 24.9 Å². The Labute approximate surface area is 177 Å². The highest BCUT2D eigenvalue weighted by Gasteiger charge is 2.35. The number of carbonyl (C=O) groups excluding carboxylic acids is 1. The van der Waals surface area contributed by atoms with Crippen LogP contribution in [0.2, 0.25) is 0 Å². The van der Waals surface area contributed by atoms with Crippen LogP contribution in [0.4, 0.5) is 0 Å². The summed E-state index contributed by atoms with van der Waals surface area (Å²) < 4.78 is 2.00. The highest BCUT2D eigenvalue weighted by molar-refractivity contribution is 5.85. The Hall–Kier alpha value is -2.08. The normalized spacial score (nSPS) is 18.6. The van der Waals surface area contributed by atoms with Gasteiger partial charge in [-0.2, -0.15) is 0 Å². The third kappa shape index (κ3) is 4.17. The summed E-state index contributed by atoms with van der Waals surface area (Å²) >= 11 is 0. The molecule has 7 heteroatoms. The van der Waals surface area contributed by atoms with Crippen molar-refractivity contribution >= 4 is 41.8 Å². The van der Waals surface area contributed by atoms with Crippen molar-refractivity contribution < 1.29 is 4.79 Å². The van der Waals surface area contributed by atoms with Crippen LogP contribution in [0.15, 0.2) is 54.6 Å². The quantitative estimate of drug-likeness (QED) is 0.703. The maximum absolute atomic E-state index is 13.0. The summed E-state index contributed by atoms with van der Waals surface area (Å²) in [4.78, 5) is 19.5. The van der Waals surface area contributed by atoms with Gasteiger partial charge in [-0.15, -0.1) is 24.8 Å². The highest BCUT2D eigenvalue weighted by atomic mass is 35.5. The predicted octanol–water partition coefficient (Wildman–Crippen LogP) is 3.39. The third-order valence-electron chi connectivity index (χ3n) is 5.46.